The van der Waals surface area contributed by atoms with Gasteiger partial charge < -0.3 is 19.9 Å². The first-order valence-electron chi connectivity index (χ1n) is 10.1. The molecule has 6 heteroatoms. The normalized spacial score (nSPS) is 15.7. The largest absolute Gasteiger partial charge is 0.494 e. The van der Waals surface area contributed by atoms with Crippen molar-refractivity contribution in [2.24, 2.45) is 4.99 Å². The third-order valence-corrected chi connectivity index (χ3v) is 4.90. The summed E-state index contributed by atoms with van der Waals surface area (Å²) >= 11 is 0. The van der Waals surface area contributed by atoms with Gasteiger partial charge in [-0.05, 0) is 50.0 Å². The number of amides is 1. The summed E-state index contributed by atoms with van der Waals surface area (Å²) in [6.07, 6.45) is 4.19. The molecule has 0 fully saturated rings. The van der Waals surface area contributed by atoms with Gasteiger partial charge in [-0.25, -0.2) is 4.99 Å². The monoisotopic (exact) mass is 386 g/mol. The Balaban J connectivity index is 2.08. The molecule has 6 nitrogen and oxygen atoms in total. The van der Waals surface area contributed by atoms with E-state index in [0.29, 0.717) is 12.6 Å². The molecule has 0 saturated heterocycles. The third kappa shape index (κ3) is 6.29. The van der Waals surface area contributed by atoms with Gasteiger partial charge in [0.1, 0.15) is 12.3 Å². The highest BCUT2D eigenvalue weighted by atomic mass is 16.5. The van der Waals surface area contributed by atoms with Crippen LogP contribution in [0.2, 0.25) is 0 Å². The van der Waals surface area contributed by atoms with Crippen LogP contribution >= 0.6 is 0 Å². The molecule has 0 aliphatic carbocycles. The van der Waals surface area contributed by atoms with Crippen LogP contribution in [0.4, 0.5) is 0 Å². The fourth-order valence-corrected chi connectivity index (χ4v) is 2.90. The molecule has 1 N–H and O–H groups in total. The molecular weight excluding hydrogens is 352 g/mol. The number of carbonyl (C=O) groups excluding carboxylic acids is 1. The van der Waals surface area contributed by atoms with Gasteiger partial charge >= 0.3 is 0 Å². The van der Waals surface area contributed by atoms with E-state index in [2.05, 4.69) is 47.3 Å². The van der Waals surface area contributed by atoms with E-state index in [1.165, 1.54) is 11.1 Å². The molecule has 0 aromatic heterocycles. The van der Waals surface area contributed by atoms with Gasteiger partial charge in [-0.1, -0.05) is 25.1 Å². The van der Waals surface area contributed by atoms with Gasteiger partial charge in [-0.15, -0.1) is 0 Å². The quantitative estimate of drug-likeness (QED) is 0.578. The summed E-state index contributed by atoms with van der Waals surface area (Å²) in [5.74, 6) is 1.72. The number of hydrogen-bond acceptors (Lipinski definition) is 3. The summed E-state index contributed by atoms with van der Waals surface area (Å²) in [4.78, 5) is 20.3. The number of aliphatic imine (C=N–C) groups is 1. The minimum atomic E-state index is 0.00563. The van der Waals surface area contributed by atoms with Crippen LogP contribution in [0.25, 0.3) is 5.57 Å². The topological polar surface area (TPSA) is 57.2 Å². The molecule has 1 heterocycles. The molecule has 0 spiro atoms. The Morgan fingerprint density at radius 1 is 1.29 bits per heavy atom. The zero-order valence-electron chi connectivity index (χ0n) is 17.9. The van der Waals surface area contributed by atoms with E-state index in [-0.39, 0.29) is 12.5 Å². The number of guanidine groups is 1. The van der Waals surface area contributed by atoms with E-state index in [1.807, 2.05) is 19.1 Å². The lowest BCUT2D eigenvalue weighted by Crippen LogP contribution is -2.47. The number of hydrogen-bond donors (Lipinski definition) is 1. The minimum absolute atomic E-state index is 0.00563. The van der Waals surface area contributed by atoms with Gasteiger partial charge in [-0.2, -0.15) is 0 Å². The van der Waals surface area contributed by atoms with Crippen LogP contribution < -0.4 is 10.1 Å². The molecule has 1 atom stereocenters. The van der Waals surface area contributed by atoms with E-state index in [4.69, 9.17) is 4.74 Å². The van der Waals surface area contributed by atoms with Crippen molar-refractivity contribution in [1.29, 1.82) is 0 Å². The lowest BCUT2D eigenvalue weighted by molar-refractivity contribution is -0.127. The van der Waals surface area contributed by atoms with Crippen LogP contribution in [-0.4, -0.2) is 68.0 Å². The van der Waals surface area contributed by atoms with Gasteiger partial charge in [0, 0.05) is 33.2 Å². The van der Waals surface area contributed by atoms with Crippen molar-refractivity contribution < 1.29 is 9.53 Å². The molecule has 154 valence electrons. The smallest absolute Gasteiger partial charge is 0.243 e. The van der Waals surface area contributed by atoms with E-state index < -0.39 is 0 Å². The molecule has 0 saturated carbocycles. The summed E-state index contributed by atoms with van der Waals surface area (Å²) in [5.41, 5.74) is 2.57. The highest BCUT2D eigenvalue weighted by Gasteiger charge is 2.18. The second kappa shape index (κ2) is 10.7. The van der Waals surface area contributed by atoms with Crippen molar-refractivity contribution in [3.05, 3.63) is 35.9 Å². The molecule has 2 rings (SSSR count). The van der Waals surface area contributed by atoms with Gasteiger partial charge in [0.25, 0.3) is 0 Å². The van der Waals surface area contributed by atoms with Crippen molar-refractivity contribution in [2.75, 3.05) is 40.3 Å². The number of benzene rings is 1. The van der Waals surface area contributed by atoms with Crippen LogP contribution in [0.15, 0.2) is 35.3 Å². The third-order valence-electron chi connectivity index (χ3n) is 4.90. The fourth-order valence-electron chi connectivity index (χ4n) is 2.90. The maximum atomic E-state index is 11.9. The Labute approximate surface area is 169 Å². The molecule has 1 aliphatic rings. The maximum absolute atomic E-state index is 11.9. The predicted molar refractivity (Wildman–Crippen MR) is 116 cm³/mol. The number of rotatable bonds is 7. The molecule has 28 heavy (non-hydrogen) atoms. The lowest BCUT2D eigenvalue weighted by Gasteiger charge is -2.31. The second-order valence-corrected chi connectivity index (χ2v) is 7.26. The molecule has 1 aliphatic heterocycles. The number of carbonyl (C=O) groups is 1. The van der Waals surface area contributed by atoms with E-state index in [9.17, 15) is 4.79 Å². The average molecular weight is 387 g/mol. The minimum Gasteiger partial charge on any atom is -0.494 e. The van der Waals surface area contributed by atoms with E-state index in [1.54, 1.807) is 19.0 Å². The first-order chi connectivity index (χ1) is 13.4. The Morgan fingerprint density at radius 2 is 2.00 bits per heavy atom. The summed E-state index contributed by atoms with van der Waals surface area (Å²) < 4.78 is 5.52. The maximum Gasteiger partial charge on any atom is 0.243 e. The highest BCUT2D eigenvalue weighted by molar-refractivity contribution is 5.85. The van der Waals surface area contributed by atoms with Crippen molar-refractivity contribution in [2.45, 2.75) is 39.7 Å². The second-order valence-electron chi connectivity index (χ2n) is 7.26. The van der Waals surface area contributed by atoms with Gasteiger partial charge in [-0.3, -0.25) is 4.79 Å². The summed E-state index contributed by atoms with van der Waals surface area (Å²) in [6, 6.07) is 8.60. The van der Waals surface area contributed by atoms with E-state index >= 15 is 0 Å². The standard InChI is InChI=1S/C22H34N4O2/c1-6-17(3)24-22(23-16-21(27)25(4)5)26-14-12-19(13-15-26)18-8-10-20(11-9-18)28-7-2/h8-12,17H,6-7,13-16H2,1-5H3,(H,23,24). The fraction of sp³-hybridized carbons (Fsp3) is 0.545. The summed E-state index contributed by atoms with van der Waals surface area (Å²) in [5, 5.41) is 3.47. The van der Waals surface area contributed by atoms with Gasteiger partial charge in [0.2, 0.25) is 5.91 Å². The lowest BCUT2D eigenvalue weighted by atomic mass is 9.99. The zero-order valence-corrected chi connectivity index (χ0v) is 17.9. The molecular formula is C22H34N4O2. The van der Waals surface area contributed by atoms with Crippen molar-refractivity contribution in [3.8, 4) is 5.75 Å². The SMILES string of the molecule is CCOc1ccc(C2=CCN(C(=NCC(=O)N(C)C)NC(C)CC)CC2)cc1. The molecule has 1 unspecified atom stereocenters. The Kier molecular flexibility index (Phi) is 8.36. The van der Waals surface area contributed by atoms with Crippen LogP contribution in [-0.2, 0) is 4.79 Å². The van der Waals surface area contributed by atoms with Crippen molar-refractivity contribution in [1.82, 2.24) is 15.1 Å². The number of nitrogens with zero attached hydrogens (tertiary/aromatic N) is 3. The van der Waals surface area contributed by atoms with E-state index in [0.717, 1.165) is 37.6 Å². The molecule has 0 radical (unpaired) electrons. The van der Waals surface area contributed by atoms with Crippen LogP contribution in [0.1, 0.15) is 39.2 Å². The number of nitrogens with one attached hydrogen (secondary N) is 1. The molecule has 1 aromatic rings. The van der Waals surface area contributed by atoms with Crippen LogP contribution in [0.3, 0.4) is 0 Å². The number of likely N-dealkylation sites (N-methyl/N-ethyl adjacent to an activating group) is 1. The van der Waals surface area contributed by atoms with Crippen LogP contribution in [0, 0.1) is 0 Å². The number of ether oxygens (including phenoxy) is 1. The summed E-state index contributed by atoms with van der Waals surface area (Å²) in [6.45, 7) is 8.76. The van der Waals surface area contributed by atoms with Gasteiger partial charge in [0.05, 0.1) is 6.61 Å². The Bertz CT molecular complexity index is 695. The highest BCUT2D eigenvalue weighted by Crippen LogP contribution is 2.24. The first kappa shape index (κ1) is 21.8. The first-order valence-corrected chi connectivity index (χ1v) is 10.1. The molecule has 0 bridgehead atoms. The zero-order chi connectivity index (χ0) is 20.5. The predicted octanol–water partition coefficient (Wildman–Crippen LogP) is 3.01. The Morgan fingerprint density at radius 3 is 2.54 bits per heavy atom. The van der Waals surface area contributed by atoms with Crippen molar-refractivity contribution >= 4 is 17.4 Å². The Hall–Kier alpha value is -2.50. The van der Waals surface area contributed by atoms with Crippen LogP contribution in [0.5, 0.6) is 5.75 Å². The molecule has 1 aromatic carbocycles. The summed E-state index contributed by atoms with van der Waals surface area (Å²) in [7, 11) is 3.51. The van der Waals surface area contributed by atoms with Gasteiger partial charge in [0.15, 0.2) is 5.96 Å². The average Bonchev–Trinajstić information content (AvgIpc) is 2.71. The molecule has 1 amide bonds. The van der Waals surface area contributed by atoms with Crippen molar-refractivity contribution in [3.63, 3.8) is 0 Å².